The fourth-order valence-electron chi connectivity index (χ4n) is 3.79. The van der Waals surface area contributed by atoms with E-state index >= 15 is 0 Å². The van der Waals surface area contributed by atoms with Crippen LogP contribution in [-0.4, -0.2) is 35.7 Å². The van der Waals surface area contributed by atoms with Gasteiger partial charge in [-0.05, 0) is 25.8 Å². The van der Waals surface area contributed by atoms with Crippen molar-refractivity contribution in [3.05, 3.63) is 0 Å². The van der Waals surface area contributed by atoms with Crippen LogP contribution in [0.2, 0.25) is 6.04 Å². The highest BCUT2D eigenvalue weighted by Gasteiger charge is 2.40. The molecule has 4 nitrogen and oxygen atoms in total. The summed E-state index contributed by atoms with van der Waals surface area (Å²) in [6, 6.07) is 0.826. The molecule has 0 bridgehead atoms. The number of nitrogens with two attached hydrogens (primary N) is 1. The normalized spacial score (nSPS) is 20.8. The summed E-state index contributed by atoms with van der Waals surface area (Å²) in [4.78, 5) is 0. The number of hydrogen-bond donors (Lipinski definition) is 1. The lowest BCUT2D eigenvalue weighted by Gasteiger charge is -2.31. The van der Waals surface area contributed by atoms with Crippen LogP contribution >= 0.6 is 0 Å². The molecule has 0 heterocycles. The zero-order valence-electron chi connectivity index (χ0n) is 16.9. The van der Waals surface area contributed by atoms with Gasteiger partial charge in [0, 0.05) is 26.4 Å². The fourth-order valence-corrected chi connectivity index (χ4v) is 6.06. The predicted molar refractivity (Wildman–Crippen MR) is 108 cm³/mol. The lowest BCUT2D eigenvalue weighted by Crippen LogP contribution is -2.47. The Morgan fingerprint density at radius 2 is 1.12 bits per heavy atom. The highest BCUT2D eigenvalue weighted by molar-refractivity contribution is 6.60. The van der Waals surface area contributed by atoms with Gasteiger partial charge in [0.05, 0.1) is 0 Å². The quantitative estimate of drug-likeness (QED) is 0.605. The molecule has 1 rings (SSSR count). The van der Waals surface area contributed by atoms with Crippen LogP contribution in [0, 0.1) is 0 Å². The molecule has 0 aromatic carbocycles. The summed E-state index contributed by atoms with van der Waals surface area (Å²) in [6.07, 6.45) is 19.9. The van der Waals surface area contributed by atoms with Crippen molar-refractivity contribution in [1.29, 1.82) is 0 Å². The van der Waals surface area contributed by atoms with Gasteiger partial charge in [-0.2, -0.15) is 0 Å². The Labute approximate surface area is 157 Å². The van der Waals surface area contributed by atoms with Crippen molar-refractivity contribution in [2.75, 3.05) is 20.8 Å². The lowest BCUT2D eigenvalue weighted by molar-refractivity contribution is 0.0445. The number of hydrogen-bond acceptors (Lipinski definition) is 4. The van der Waals surface area contributed by atoms with Gasteiger partial charge in [0.2, 0.25) is 0 Å². The smallest absolute Gasteiger partial charge is 0.377 e. The molecule has 0 aromatic heterocycles. The molecule has 1 fully saturated rings. The van der Waals surface area contributed by atoms with E-state index in [0.29, 0.717) is 6.54 Å². The first-order chi connectivity index (χ1) is 12.3. The van der Waals surface area contributed by atoms with E-state index in [1.165, 1.54) is 77.0 Å². The van der Waals surface area contributed by atoms with E-state index in [-0.39, 0.29) is 6.10 Å². The molecule has 150 valence electrons. The standard InChI is InChI=1S/C20H43NO3Si/c1-22-25(23-2,19-15-18-21)24-20-16-13-11-9-7-5-3-4-6-8-10-12-14-17-20/h20H,3-19,21H2,1-2H3. The minimum atomic E-state index is -2.55. The van der Waals surface area contributed by atoms with Gasteiger partial charge < -0.3 is 19.0 Å². The van der Waals surface area contributed by atoms with Gasteiger partial charge in [0.1, 0.15) is 0 Å². The van der Waals surface area contributed by atoms with E-state index in [0.717, 1.165) is 25.3 Å². The van der Waals surface area contributed by atoms with Crippen molar-refractivity contribution >= 4 is 8.80 Å². The van der Waals surface area contributed by atoms with Crippen LogP contribution in [-0.2, 0) is 13.3 Å². The Morgan fingerprint density at radius 3 is 1.48 bits per heavy atom. The van der Waals surface area contributed by atoms with Crippen molar-refractivity contribution in [2.24, 2.45) is 5.73 Å². The Hall–Kier alpha value is 0.0569. The van der Waals surface area contributed by atoms with Crippen LogP contribution in [0.15, 0.2) is 0 Å². The zero-order chi connectivity index (χ0) is 18.2. The molecule has 0 amide bonds. The summed E-state index contributed by atoms with van der Waals surface area (Å²) < 4.78 is 18.0. The van der Waals surface area contributed by atoms with Crippen molar-refractivity contribution in [2.45, 2.75) is 108 Å². The first-order valence-electron chi connectivity index (χ1n) is 10.7. The molecule has 1 aliphatic rings. The van der Waals surface area contributed by atoms with E-state index < -0.39 is 8.80 Å². The van der Waals surface area contributed by atoms with Gasteiger partial charge in [-0.25, -0.2) is 0 Å². The van der Waals surface area contributed by atoms with E-state index in [1.807, 2.05) is 0 Å². The van der Waals surface area contributed by atoms with E-state index in [2.05, 4.69) is 0 Å². The fraction of sp³-hybridized carbons (Fsp3) is 1.00. The van der Waals surface area contributed by atoms with Crippen LogP contribution in [0.5, 0.6) is 0 Å². The van der Waals surface area contributed by atoms with Gasteiger partial charge in [-0.1, -0.05) is 77.0 Å². The molecular formula is C20H43NO3Si. The van der Waals surface area contributed by atoms with Crippen LogP contribution in [0.3, 0.4) is 0 Å². The van der Waals surface area contributed by atoms with Gasteiger partial charge >= 0.3 is 8.80 Å². The maximum Gasteiger partial charge on any atom is 0.500 e. The maximum atomic E-state index is 6.50. The minimum Gasteiger partial charge on any atom is -0.377 e. The van der Waals surface area contributed by atoms with Gasteiger partial charge in [0.15, 0.2) is 0 Å². The second-order valence-electron chi connectivity index (χ2n) is 7.54. The highest BCUT2D eigenvalue weighted by atomic mass is 28.4. The van der Waals surface area contributed by atoms with E-state index in [1.54, 1.807) is 14.2 Å². The van der Waals surface area contributed by atoms with Gasteiger partial charge in [0.25, 0.3) is 0 Å². The third-order valence-corrected chi connectivity index (χ3v) is 8.36. The molecule has 2 N–H and O–H groups in total. The van der Waals surface area contributed by atoms with Crippen LogP contribution in [0.4, 0.5) is 0 Å². The Balaban J connectivity index is 2.54. The van der Waals surface area contributed by atoms with Crippen LogP contribution in [0.1, 0.15) is 96.3 Å². The monoisotopic (exact) mass is 373 g/mol. The van der Waals surface area contributed by atoms with Crippen molar-refractivity contribution in [1.82, 2.24) is 0 Å². The molecule has 5 heteroatoms. The SMILES string of the molecule is CO[Si](CCCN)(OC)OC1CCCCCCCCCCCCCC1. The number of rotatable bonds is 7. The molecule has 0 spiro atoms. The predicted octanol–water partition coefficient (Wildman–Crippen LogP) is 5.43. The minimum absolute atomic E-state index is 0.287. The van der Waals surface area contributed by atoms with Crippen molar-refractivity contribution in [3.8, 4) is 0 Å². The molecule has 0 atom stereocenters. The van der Waals surface area contributed by atoms with Crippen LogP contribution < -0.4 is 5.73 Å². The summed E-state index contributed by atoms with van der Waals surface area (Å²) in [7, 11) is 0.922. The summed E-state index contributed by atoms with van der Waals surface area (Å²) in [5.41, 5.74) is 5.69. The zero-order valence-corrected chi connectivity index (χ0v) is 17.9. The van der Waals surface area contributed by atoms with Crippen molar-refractivity contribution in [3.63, 3.8) is 0 Å². The van der Waals surface area contributed by atoms with Gasteiger partial charge in [-0.3, -0.25) is 0 Å². The van der Waals surface area contributed by atoms with Gasteiger partial charge in [-0.15, -0.1) is 0 Å². The summed E-state index contributed by atoms with van der Waals surface area (Å²) >= 11 is 0. The van der Waals surface area contributed by atoms with Crippen LogP contribution in [0.25, 0.3) is 0 Å². The first kappa shape index (κ1) is 23.1. The summed E-state index contributed by atoms with van der Waals surface area (Å²) in [5, 5.41) is 0. The van der Waals surface area contributed by atoms with Crippen molar-refractivity contribution < 1.29 is 13.3 Å². The Morgan fingerprint density at radius 1 is 0.720 bits per heavy atom. The third kappa shape index (κ3) is 10.7. The maximum absolute atomic E-state index is 6.50. The molecule has 0 unspecified atom stereocenters. The largest absolute Gasteiger partial charge is 0.500 e. The lowest BCUT2D eigenvalue weighted by atomic mass is 10.0. The third-order valence-electron chi connectivity index (χ3n) is 5.46. The molecule has 25 heavy (non-hydrogen) atoms. The molecule has 0 aromatic rings. The Bertz CT molecular complexity index is 285. The second-order valence-corrected chi connectivity index (χ2v) is 10.5. The average Bonchev–Trinajstić information content (AvgIpc) is 2.65. The molecular weight excluding hydrogens is 330 g/mol. The molecule has 0 saturated heterocycles. The molecule has 0 radical (unpaired) electrons. The van der Waals surface area contributed by atoms with E-state index in [9.17, 15) is 0 Å². The highest BCUT2D eigenvalue weighted by Crippen LogP contribution is 2.24. The average molecular weight is 374 g/mol. The summed E-state index contributed by atoms with van der Waals surface area (Å²) in [5.74, 6) is 0. The second kappa shape index (κ2) is 15.1. The van der Waals surface area contributed by atoms with E-state index in [4.69, 9.17) is 19.0 Å². The molecule has 0 aliphatic heterocycles. The molecule has 1 aliphatic carbocycles. The first-order valence-corrected chi connectivity index (χ1v) is 12.7. The molecule has 1 saturated carbocycles. The Kier molecular flexibility index (Phi) is 14.0. The summed E-state index contributed by atoms with van der Waals surface area (Å²) in [6.45, 7) is 0.662. The topological polar surface area (TPSA) is 53.7 Å².